The number of carbonyl (C=O) groups is 1. The zero-order valence-corrected chi connectivity index (χ0v) is 16.7. The van der Waals surface area contributed by atoms with Gasteiger partial charge in [-0.1, -0.05) is 65.9 Å². The van der Waals surface area contributed by atoms with E-state index in [0.717, 1.165) is 25.9 Å². The van der Waals surface area contributed by atoms with E-state index in [4.69, 9.17) is 0 Å². The highest BCUT2D eigenvalue weighted by molar-refractivity contribution is 5.92. The molecule has 29 heavy (non-hydrogen) atoms. The van der Waals surface area contributed by atoms with Gasteiger partial charge in [-0.25, -0.2) is 4.68 Å². The highest BCUT2D eigenvalue weighted by Crippen LogP contribution is 2.28. The Bertz CT molecular complexity index is 879. The van der Waals surface area contributed by atoms with Crippen LogP contribution in [0.5, 0.6) is 0 Å². The fourth-order valence-corrected chi connectivity index (χ4v) is 4.09. The topological polar surface area (TPSA) is 71.8 Å². The molecule has 1 fully saturated rings. The molecule has 0 radical (unpaired) electrons. The molecule has 1 aliphatic rings. The Morgan fingerprint density at radius 2 is 1.62 bits per heavy atom. The van der Waals surface area contributed by atoms with E-state index in [2.05, 4.69) is 45.2 Å². The van der Waals surface area contributed by atoms with E-state index >= 15 is 0 Å². The number of piperidine rings is 1. The van der Waals surface area contributed by atoms with Crippen LogP contribution in [0.15, 0.2) is 66.9 Å². The highest BCUT2D eigenvalue weighted by atomic mass is 16.2. The van der Waals surface area contributed by atoms with Gasteiger partial charge >= 0.3 is 0 Å². The van der Waals surface area contributed by atoms with Crippen LogP contribution in [0.3, 0.4) is 0 Å². The Morgan fingerprint density at radius 3 is 2.21 bits per heavy atom. The third-order valence-electron chi connectivity index (χ3n) is 5.60. The molecule has 1 amide bonds. The average Bonchev–Trinajstić information content (AvgIpc) is 3.27. The van der Waals surface area contributed by atoms with Gasteiger partial charge in [0, 0.05) is 12.0 Å². The summed E-state index contributed by atoms with van der Waals surface area (Å²) in [6.45, 7) is 3.98. The fraction of sp³-hybridized carbons (Fsp3) is 0.348. The van der Waals surface area contributed by atoms with Crippen LogP contribution in [0.1, 0.15) is 53.3 Å². The number of rotatable bonds is 6. The zero-order chi connectivity index (χ0) is 20.1. The van der Waals surface area contributed by atoms with Crippen molar-refractivity contribution in [3.05, 3.63) is 83.7 Å². The lowest BCUT2D eigenvalue weighted by atomic mass is 9.86. The summed E-state index contributed by atoms with van der Waals surface area (Å²) in [5, 5.41) is 14.8. The summed E-state index contributed by atoms with van der Waals surface area (Å²) in [5.41, 5.74) is 2.71. The average molecular weight is 390 g/mol. The number of aromatic nitrogens is 3. The minimum absolute atomic E-state index is 0.0563. The first-order valence-corrected chi connectivity index (χ1v) is 10.3. The number of carbonyl (C=O) groups excluding carboxylic acids is 1. The minimum atomic E-state index is -0.186. The molecule has 0 saturated carbocycles. The van der Waals surface area contributed by atoms with Gasteiger partial charge in [0.15, 0.2) is 5.69 Å². The summed E-state index contributed by atoms with van der Waals surface area (Å²) in [6, 6.07) is 20.8. The number of hydrogen-bond donors (Lipinski definition) is 2. The van der Waals surface area contributed by atoms with Gasteiger partial charge in [0.2, 0.25) is 0 Å². The maximum atomic E-state index is 12.9. The van der Waals surface area contributed by atoms with Gasteiger partial charge < -0.3 is 10.6 Å². The molecule has 3 aromatic rings. The first-order chi connectivity index (χ1) is 14.2. The van der Waals surface area contributed by atoms with Crippen molar-refractivity contribution < 1.29 is 4.79 Å². The number of amides is 1. The molecule has 2 N–H and O–H groups in total. The molecule has 2 heterocycles. The maximum absolute atomic E-state index is 12.9. The SMILES string of the molecule is CC(NC(=O)c1cn(C2CCNCC2)nn1)C(c1ccccc1)c1ccccc1. The van der Waals surface area contributed by atoms with Gasteiger partial charge in [-0.2, -0.15) is 0 Å². The number of benzene rings is 2. The van der Waals surface area contributed by atoms with Crippen LogP contribution in [-0.4, -0.2) is 40.0 Å². The maximum Gasteiger partial charge on any atom is 0.273 e. The van der Waals surface area contributed by atoms with E-state index in [1.54, 1.807) is 6.20 Å². The van der Waals surface area contributed by atoms with Crippen LogP contribution < -0.4 is 10.6 Å². The first kappa shape index (κ1) is 19.3. The second kappa shape index (κ2) is 9.01. The van der Waals surface area contributed by atoms with Crippen LogP contribution in [-0.2, 0) is 0 Å². The molecule has 2 aromatic carbocycles. The Kier molecular flexibility index (Phi) is 6.00. The van der Waals surface area contributed by atoms with E-state index in [1.165, 1.54) is 11.1 Å². The number of hydrogen-bond acceptors (Lipinski definition) is 4. The van der Waals surface area contributed by atoms with Gasteiger partial charge in [-0.3, -0.25) is 4.79 Å². The van der Waals surface area contributed by atoms with Crippen molar-refractivity contribution in [1.82, 2.24) is 25.6 Å². The summed E-state index contributed by atoms with van der Waals surface area (Å²) in [4.78, 5) is 12.9. The molecule has 1 unspecified atom stereocenters. The van der Waals surface area contributed by atoms with Crippen LogP contribution in [0.4, 0.5) is 0 Å². The van der Waals surface area contributed by atoms with E-state index in [9.17, 15) is 4.79 Å². The summed E-state index contributed by atoms with van der Waals surface area (Å²) in [7, 11) is 0. The second-order valence-corrected chi connectivity index (χ2v) is 7.63. The monoisotopic (exact) mass is 389 g/mol. The third kappa shape index (κ3) is 4.54. The summed E-state index contributed by atoms with van der Waals surface area (Å²) in [5.74, 6) is -0.129. The van der Waals surface area contributed by atoms with Crippen molar-refractivity contribution >= 4 is 5.91 Å². The molecule has 150 valence electrons. The Hall–Kier alpha value is -2.99. The quantitative estimate of drug-likeness (QED) is 0.679. The van der Waals surface area contributed by atoms with Crippen molar-refractivity contribution in [3.8, 4) is 0 Å². The molecule has 1 saturated heterocycles. The highest BCUT2D eigenvalue weighted by Gasteiger charge is 2.25. The Labute approximate surface area is 171 Å². The zero-order valence-electron chi connectivity index (χ0n) is 16.7. The minimum Gasteiger partial charge on any atom is -0.347 e. The fourth-order valence-electron chi connectivity index (χ4n) is 4.09. The predicted molar refractivity (Wildman–Crippen MR) is 113 cm³/mol. The van der Waals surface area contributed by atoms with Crippen molar-refractivity contribution in [1.29, 1.82) is 0 Å². The van der Waals surface area contributed by atoms with Crippen LogP contribution in [0.25, 0.3) is 0 Å². The second-order valence-electron chi connectivity index (χ2n) is 7.63. The molecule has 0 aliphatic carbocycles. The summed E-state index contributed by atoms with van der Waals surface area (Å²) in [6.07, 6.45) is 3.79. The lowest BCUT2D eigenvalue weighted by Gasteiger charge is -2.26. The summed E-state index contributed by atoms with van der Waals surface area (Å²) < 4.78 is 1.84. The molecule has 1 aliphatic heterocycles. The molecular formula is C23H27N5O. The van der Waals surface area contributed by atoms with E-state index < -0.39 is 0 Å². The standard InChI is InChI=1S/C23H27N5O/c1-17(22(18-8-4-2-5-9-18)19-10-6-3-7-11-19)25-23(29)21-16-28(27-26-21)20-12-14-24-15-13-20/h2-11,16-17,20,22,24H,12-15H2,1H3,(H,25,29). The molecular weight excluding hydrogens is 362 g/mol. The van der Waals surface area contributed by atoms with Crippen LogP contribution in [0, 0.1) is 0 Å². The van der Waals surface area contributed by atoms with Crippen LogP contribution in [0.2, 0.25) is 0 Å². The number of nitrogens with one attached hydrogen (secondary N) is 2. The smallest absolute Gasteiger partial charge is 0.273 e. The van der Waals surface area contributed by atoms with E-state index in [1.807, 2.05) is 48.0 Å². The largest absolute Gasteiger partial charge is 0.347 e. The molecule has 1 atom stereocenters. The Morgan fingerprint density at radius 1 is 1.03 bits per heavy atom. The van der Waals surface area contributed by atoms with E-state index in [0.29, 0.717) is 11.7 Å². The lowest BCUT2D eigenvalue weighted by Crippen LogP contribution is -2.37. The number of nitrogens with zero attached hydrogens (tertiary/aromatic N) is 3. The van der Waals surface area contributed by atoms with Crippen LogP contribution >= 0.6 is 0 Å². The molecule has 0 spiro atoms. The summed E-state index contributed by atoms with van der Waals surface area (Å²) >= 11 is 0. The van der Waals surface area contributed by atoms with Crippen molar-refractivity contribution in [3.63, 3.8) is 0 Å². The van der Waals surface area contributed by atoms with Gasteiger partial charge in [0.05, 0.1) is 12.2 Å². The van der Waals surface area contributed by atoms with E-state index in [-0.39, 0.29) is 17.9 Å². The normalized spacial score (nSPS) is 15.9. The van der Waals surface area contributed by atoms with Gasteiger partial charge in [0.1, 0.15) is 0 Å². The molecule has 4 rings (SSSR count). The Balaban J connectivity index is 1.51. The molecule has 6 nitrogen and oxygen atoms in total. The van der Waals surface area contributed by atoms with Crippen molar-refractivity contribution in [2.45, 2.75) is 37.8 Å². The van der Waals surface area contributed by atoms with Crippen molar-refractivity contribution in [2.75, 3.05) is 13.1 Å². The van der Waals surface area contributed by atoms with Crippen molar-refractivity contribution in [2.24, 2.45) is 0 Å². The molecule has 6 heteroatoms. The first-order valence-electron chi connectivity index (χ1n) is 10.3. The lowest BCUT2D eigenvalue weighted by molar-refractivity contribution is 0.0932. The van der Waals surface area contributed by atoms with Gasteiger partial charge in [-0.05, 0) is 44.0 Å². The predicted octanol–water partition coefficient (Wildman–Crippen LogP) is 3.15. The van der Waals surface area contributed by atoms with Gasteiger partial charge in [-0.15, -0.1) is 5.10 Å². The molecule has 1 aromatic heterocycles. The molecule has 0 bridgehead atoms. The third-order valence-corrected chi connectivity index (χ3v) is 5.60. The van der Waals surface area contributed by atoms with Gasteiger partial charge in [0.25, 0.3) is 5.91 Å².